The van der Waals surface area contributed by atoms with Crippen LogP contribution >= 0.6 is 11.5 Å². The zero-order chi connectivity index (χ0) is 13.1. The number of aliphatic hydroxyl groups is 1. The van der Waals surface area contributed by atoms with Gasteiger partial charge in [-0.1, -0.05) is 6.07 Å². The first-order chi connectivity index (χ1) is 9.38. The number of hydrogen-bond acceptors (Lipinski definition) is 6. The van der Waals surface area contributed by atoms with E-state index < -0.39 is 0 Å². The van der Waals surface area contributed by atoms with Gasteiger partial charge in [-0.15, -0.1) is 0 Å². The molecule has 0 aromatic carbocycles. The minimum Gasteiger partial charge on any atom is -0.395 e. The SMILES string of the molecule is OCCNc1snc2cc(-c3cccnc3)cnc12. The number of pyridine rings is 2. The Labute approximate surface area is 114 Å². The lowest BCUT2D eigenvalue weighted by atomic mass is 10.1. The van der Waals surface area contributed by atoms with Crippen LogP contribution in [0.15, 0.2) is 36.8 Å². The first-order valence-electron chi connectivity index (χ1n) is 5.89. The van der Waals surface area contributed by atoms with E-state index in [0.29, 0.717) is 6.54 Å². The molecule has 0 bridgehead atoms. The fourth-order valence-electron chi connectivity index (χ4n) is 1.81. The Morgan fingerprint density at radius 2 is 2.21 bits per heavy atom. The molecular weight excluding hydrogens is 260 g/mol. The van der Waals surface area contributed by atoms with E-state index in [-0.39, 0.29) is 6.61 Å². The van der Waals surface area contributed by atoms with Gasteiger partial charge in [0.15, 0.2) is 0 Å². The molecule has 6 heteroatoms. The van der Waals surface area contributed by atoms with Gasteiger partial charge in [0.2, 0.25) is 0 Å². The zero-order valence-corrected chi connectivity index (χ0v) is 10.9. The van der Waals surface area contributed by atoms with Crippen LogP contribution in [0.1, 0.15) is 0 Å². The molecule has 0 amide bonds. The van der Waals surface area contributed by atoms with Crippen LogP contribution in [0.5, 0.6) is 0 Å². The molecule has 3 rings (SSSR count). The number of hydrogen-bond donors (Lipinski definition) is 2. The number of nitrogens with one attached hydrogen (secondary N) is 1. The van der Waals surface area contributed by atoms with Crippen LogP contribution in [0.2, 0.25) is 0 Å². The molecule has 2 N–H and O–H groups in total. The predicted octanol–water partition coefficient (Wildman–Crippen LogP) is 2.16. The van der Waals surface area contributed by atoms with Crippen molar-refractivity contribution < 1.29 is 5.11 Å². The third kappa shape index (κ3) is 2.40. The van der Waals surface area contributed by atoms with E-state index in [2.05, 4.69) is 19.7 Å². The van der Waals surface area contributed by atoms with Gasteiger partial charge in [-0.3, -0.25) is 9.97 Å². The molecule has 96 valence electrons. The topological polar surface area (TPSA) is 70.9 Å². The number of anilines is 1. The highest BCUT2D eigenvalue weighted by Gasteiger charge is 2.08. The largest absolute Gasteiger partial charge is 0.395 e. The monoisotopic (exact) mass is 272 g/mol. The molecule has 0 aliphatic carbocycles. The van der Waals surface area contributed by atoms with Crippen molar-refractivity contribution in [1.29, 1.82) is 0 Å². The molecule has 3 heterocycles. The van der Waals surface area contributed by atoms with Crippen LogP contribution in [0, 0.1) is 0 Å². The van der Waals surface area contributed by atoms with E-state index in [1.807, 2.05) is 24.4 Å². The molecule has 0 saturated heterocycles. The Morgan fingerprint density at radius 3 is 3.00 bits per heavy atom. The Kier molecular flexibility index (Phi) is 3.35. The normalized spacial score (nSPS) is 10.8. The van der Waals surface area contributed by atoms with Gasteiger partial charge in [0.1, 0.15) is 16.0 Å². The van der Waals surface area contributed by atoms with Crippen molar-refractivity contribution in [1.82, 2.24) is 14.3 Å². The lowest BCUT2D eigenvalue weighted by Crippen LogP contribution is -2.04. The summed E-state index contributed by atoms with van der Waals surface area (Å²) in [5.74, 6) is 0. The standard InChI is InChI=1S/C13H12N4OS/c18-5-4-15-13-12-11(17-19-13)6-10(8-16-12)9-2-1-3-14-7-9/h1-3,6-8,15,18H,4-5H2. The lowest BCUT2D eigenvalue weighted by molar-refractivity contribution is 0.311. The summed E-state index contributed by atoms with van der Waals surface area (Å²) in [5, 5.41) is 12.8. The molecule has 0 saturated carbocycles. The molecule has 19 heavy (non-hydrogen) atoms. The van der Waals surface area contributed by atoms with Crippen molar-refractivity contribution in [2.75, 3.05) is 18.5 Å². The van der Waals surface area contributed by atoms with Crippen LogP contribution < -0.4 is 5.32 Å². The van der Waals surface area contributed by atoms with Crippen LogP contribution in [0.3, 0.4) is 0 Å². The van der Waals surface area contributed by atoms with E-state index in [1.165, 1.54) is 11.5 Å². The Balaban J connectivity index is 1.99. The minimum absolute atomic E-state index is 0.0904. The average Bonchev–Trinajstić information content (AvgIpc) is 2.88. The third-order valence-electron chi connectivity index (χ3n) is 2.71. The number of fused-ring (bicyclic) bond motifs is 1. The summed E-state index contributed by atoms with van der Waals surface area (Å²) in [6.07, 6.45) is 5.37. The summed E-state index contributed by atoms with van der Waals surface area (Å²) in [7, 11) is 0. The molecule has 0 spiro atoms. The van der Waals surface area contributed by atoms with Gasteiger partial charge >= 0.3 is 0 Å². The summed E-state index contributed by atoms with van der Waals surface area (Å²) in [6.45, 7) is 0.594. The molecule has 0 aliphatic rings. The van der Waals surface area contributed by atoms with E-state index >= 15 is 0 Å². The first kappa shape index (κ1) is 12.0. The molecular formula is C13H12N4OS. The molecule has 0 radical (unpaired) electrons. The van der Waals surface area contributed by atoms with Gasteiger partial charge in [0.25, 0.3) is 0 Å². The number of aliphatic hydroxyl groups excluding tert-OH is 1. The Hall–Kier alpha value is -2.05. The second kappa shape index (κ2) is 5.29. The van der Waals surface area contributed by atoms with Gasteiger partial charge in [0.05, 0.1) is 6.61 Å². The molecule has 3 aromatic rings. The maximum atomic E-state index is 8.82. The molecule has 0 fully saturated rings. The van der Waals surface area contributed by atoms with Gasteiger partial charge in [-0.05, 0) is 23.7 Å². The number of nitrogens with zero attached hydrogens (tertiary/aromatic N) is 3. The van der Waals surface area contributed by atoms with Gasteiger partial charge in [0, 0.05) is 36.3 Å². The highest BCUT2D eigenvalue weighted by Crippen LogP contribution is 2.28. The quantitative estimate of drug-likeness (QED) is 0.761. The first-order valence-corrected chi connectivity index (χ1v) is 6.66. The van der Waals surface area contributed by atoms with Crippen molar-refractivity contribution in [3.8, 4) is 11.1 Å². The van der Waals surface area contributed by atoms with Crippen molar-refractivity contribution >= 4 is 27.6 Å². The summed E-state index contributed by atoms with van der Waals surface area (Å²) >= 11 is 1.36. The number of aromatic nitrogens is 3. The van der Waals surface area contributed by atoms with Crippen molar-refractivity contribution in [3.63, 3.8) is 0 Å². The van der Waals surface area contributed by atoms with Gasteiger partial charge in [-0.2, -0.15) is 4.37 Å². The second-order valence-electron chi connectivity index (χ2n) is 4.00. The summed E-state index contributed by atoms with van der Waals surface area (Å²) in [4.78, 5) is 8.55. The van der Waals surface area contributed by atoms with E-state index in [9.17, 15) is 0 Å². The van der Waals surface area contributed by atoms with Crippen LogP contribution in [0.25, 0.3) is 22.2 Å². The third-order valence-corrected chi connectivity index (χ3v) is 3.52. The van der Waals surface area contributed by atoms with Crippen molar-refractivity contribution in [2.45, 2.75) is 0 Å². The minimum atomic E-state index is 0.0904. The van der Waals surface area contributed by atoms with Crippen LogP contribution in [-0.2, 0) is 0 Å². The summed E-state index contributed by atoms with van der Waals surface area (Å²) in [6, 6.07) is 5.89. The van der Waals surface area contributed by atoms with E-state index in [4.69, 9.17) is 5.11 Å². The zero-order valence-electron chi connectivity index (χ0n) is 10.1. The van der Waals surface area contributed by atoms with Crippen molar-refractivity contribution in [3.05, 3.63) is 36.8 Å². The smallest absolute Gasteiger partial charge is 0.136 e. The van der Waals surface area contributed by atoms with Gasteiger partial charge < -0.3 is 10.4 Å². The van der Waals surface area contributed by atoms with Crippen molar-refractivity contribution in [2.24, 2.45) is 0 Å². The van der Waals surface area contributed by atoms with Crippen LogP contribution in [-0.4, -0.2) is 32.6 Å². The van der Waals surface area contributed by atoms with Crippen LogP contribution in [0.4, 0.5) is 5.00 Å². The maximum absolute atomic E-state index is 8.82. The highest BCUT2D eigenvalue weighted by atomic mass is 32.1. The maximum Gasteiger partial charge on any atom is 0.136 e. The molecule has 0 aliphatic heterocycles. The number of rotatable bonds is 4. The predicted molar refractivity (Wildman–Crippen MR) is 76.2 cm³/mol. The molecule has 0 unspecified atom stereocenters. The van der Waals surface area contributed by atoms with E-state index in [1.54, 1.807) is 12.4 Å². The summed E-state index contributed by atoms with van der Waals surface area (Å²) in [5.41, 5.74) is 3.72. The molecule has 3 aromatic heterocycles. The summed E-state index contributed by atoms with van der Waals surface area (Å²) < 4.78 is 4.37. The lowest BCUT2D eigenvalue weighted by Gasteiger charge is -2.02. The average molecular weight is 272 g/mol. The Morgan fingerprint density at radius 1 is 1.26 bits per heavy atom. The highest BCUT2D eigenvalue weighted by molar-refractivity contribution is 7.11. The fraction of sp³-hybridized carbons (Fsp3) is 0.154. The fourth-order valence-corrected chi connectivity index (χ4v) is 2.55. The molecule has 0 atom stereocenters. The second-order valence-corrected chi connectivity index (χ2v) is 4.77. The molecule has 5 nitrogen and oxygen atoms in total. The van der Waals surface area contributed by atoms with Gasteiger partial charge in [-0.25, -0.2) is 0 Å². The van der Waals surface area contributed by atoms with E-state index in [0.717, 1.165) is 27.2 Å². The Bertz CT molecular complexity index is 683.